The van der Waals surface area contributed by atoms with Crippen molar-refractivity contribution < 1.29 is 4.79 Å². The summed E-state index contributed by atoms with van der Waals surface area (Å²) < 4.78 is 0. The first-order chi connectivity index (χ1) is 7.81. The Hall–Kier alpha value is -2.23. The number of hydrazine groups is 1. The van der Waals surface area contributed by atoms with E-state index >= 15 is 0 Å². The van der Waals surface area contributed by atoms with Gasteiger partial charge in [-0.15, -0.1) is 6.58 Å². The van der Waals surface area contributed by atoms with E-state index in [1.807, 2.05) is 30.3 Å². The van der Waals surface area contributed by atoms with Gasteiger partial charge in [0.15, 0.2) is 0 Å². The largest absolute Gasteiger partial charge is 0.340 e. The molecule has 16 heavy (non-hydrogen) atoms. The van der Waals surface area contributed by atoms with Gasteiger partial charge in [0.1, 0.15) is 0 Å². The van der Waals surface area contributed by atoms with Gasteiger partial charge in [0.2, 0.25) is 0 Å². The number of amides is 2. The Bertz CT molecular complexity index is 440. The molecule has 0 aromatic heterocycles. The SMILES string of the molecule is C=CCNC(=O)N1C=Cc2ccccc2N1. The van der Waals surface area contributed by atoms with Crippen molar-refractivity contribution in [2.45, 2.75) is 0 Å². The lowest BCUT2D eigenvalue weighted by Gasteiger charge is -2.25. The van der Waals surface area contributed by atoms with Gasteiger partial charge in [-0.3, -0.25) is 5.43 Å². The van der Waals surface area contributed by atoms with Crippen molar-refractivity contribution >= 4 is 17.8 Å². The lowest BCUT2D eigenvalue weighted by molar-refractivity contribution is 0.223. The van der Waals surface area contributed by atoms with Gasteiger partial charge in [-0.25, -0.2) is 9.80 Å². The molecule has 4 heteroatoms. The number of carbonyl (C=O) groups is 1. The molecule has 2 amide bonds. The standard InChI is InChI=1S/C12H13N3O/c1-2-8-13-12(16)15-9-7-10-5-3-4-6-11(10)14-15/h2-7,9,14H,1,8H2,(H,13,16). The maximum absolute atomic E-state index is 11.6. The number of rotatable bonds is 2. The van der Waals surface area contributed by atoms with E-state index in [4.69, 9.17) is 0 Å². The zero-order chi connectivity index (χ0) is 11.4. The molecule has 1 aliphatic heterocycles. The predicted octanol–water partition coefficient (Wildman–Crippen LogP) is 2.20. The van der Waals surface area contributed by atoms with Gasteiger partial charge >= 0.3 is 6.03 Å². The minimum Gasteiger partial charge on any atom is -0.333 e. The molecule has 0 fully saturated rings. The summed E-state index contributed by atoms with van der Waals surface area (Å²) >= 11 is 0. The quantitative estimate of drug-likeness (QED) is 0.743. The zero-order valence-corrected chi connectivity index (χ0v) is 8.81. The van der Waals surface area contributed by atoms with E-state index in [-0.39, 0.29) is 6.03 Å². The number of fused-ring (bicyclic) bond motifs is 1. The fourth-order valence-corrected chi connectivity index (χ4v) is 1.43. The smallest absolute Gasteiger partial charge is 0.333 e. The van der Waals surface area contributed by atoms with Gasteiger partial charge in [0.05, 0.1) is 5.69 Å². The second-order valence-electron chi connectivity index (χ2n) is 3.36. The normalized spacial score (nSPS) is 12.6. The lowest BCUT2D eigenvalue weighted by Crippen LogP contribution is -2.41. The Kier molecular flexibility index (Phi) is 2.91. The fourth-order valence-electron chi connectivity index (χ4n) is 1.43. The van der Waals surface area contributed by atoms with E-state index in [1.54, 1.807) is 12.3 Å². The van der Waals surface area contributed by atoms with Gasteiger partial charge < -0.3 is 5.32 Å². The van der Waals surface area contributed by atoms with Crippen LogP contribution in [0.25, 0.3) is 6.08 Å². The molecule has 1 aromatic rings. The Morgan fingerprint density at radius 1 is 1.50 bits per heavy atom. The Balaban J connectivity index is 2.08. The molecule has 0 radical (unpaired) electrons. The summed E-state index contributed by atoms with van der Waals surface area (Å²) in [6.45, 7) is 3.99. The van der Waals surface area contributed by atoms with Crippen LogP contribution in [-0.2, 0) is 0 Å². The monoisotopic (exact) mass is 215 g/mol. The van der Waals surface area contributed by atoms with Crippen molar-refractivity contribution in [2.24, 2.45) is 0 Å². The van der Waals surface area contributed by atoms with Gasteiger partial charge in [0, 0.05) is 18.3 Å². The number of hydrogen-bond donors (Lipinski definition) is 2. The van der Waals surface area contributed by atoms with E-state index in [9.17, 15) is 4.79 Å². The Labute approximate surface area is 94.2 Å². The maximum atomic E-state index is 11.6. The second-order valence-corrected chi connectivity index (χ2v) is 3.36. The number of nitrogens with one attached hydrogen (secondary N) is 2. The molecular formula is C12H13N3O. The van der Waals surface area contributed by atoms with Crippen molar-refractivity contribution in [2.75, 3.05) is 12.0 Å². The van der Waals surface area contributed by atoms with E-state index in [0.29, 0.717) is 6.54 Å². The van der Waals surface area contributed by atoms with Crippen molar-refractivity contribution in [3.05, 3.63) is 48.7 Å². The van der Waals surface area contributed by atoms with Crippen LogP contribution in [0.1, 0.15) is 5.56 Å². The minimum atomic E-state index is -0.203. The molecule has 82 valence electrons. The van der Waals surface area contributed by atoms with Gasteiger partial charge in [0.25, 0.3) is 0 Å². The predicted molar refractivity (Wildman–Crippen MR) is 64.5 cm³/mol. The molecule has 2 rings (SSSR count). The summed E-state index contributed by atoms with van der Waals surface area (Å²) in [4.78, 5) is 11.6. The summed E-state index contributed by atoms with van der Waals surface area (Å²) in [6.07, 6.45) is 5.22. The molecule has 0 spiro atoms. The van der Waals surface area contributed by atoms with Gasteiger partial charge in [-0.2, -0.15) is 0 Å². The minimum absolute atomic E-state index is 0.203. The average molecular weight is 215 g/mol. The first kappa shape index (κ1) is 10.3. The molecule has 1 heterocycles. The molecule has 1 aromatic carbocycles. The van der Waals surface area contributed by atoms with Crippen molar-refractivity contribution in [3.63, 3.8) is 0 Å². The van der Waals surface area contributed by atoms with Crippen LogP contribution in [0.15, 0.2) is 43.1 Å². The number of nitrogens with zero attached hydrogens (tertiary/aromatic N) is 1. The van der Waals surface area contributed by atoms with Crippen LogP contribution in [0.2, 0.25) is 0 Å². The number of para-hydroxylation sites is 1. The summed E-state index contributed by atoms with van der Waals surface area (Å²) in [5, 5.41) is 4.10. The second kappa shape index (κ2) is 4.53. The highest BCUT2D eigenvalue weighted by Crippen LogP contribution is 2.21. The lowest BCUT2D eigenvalue weighted by atomic mass is 10.1. The Morgan fingerprint density at radius 3 is 3.12 bits per heavy atom. The highest BCUT2D eigenvalue weighted by molar-refractivity contribution is 5.81. The number of benzene rings is 1. The highest BCUT2D eigenvalue weighted by Gasteiger charge is 2.14. The molecule has 0 aliphatic carbocycles. The van der Waals surface area contributed by atoms with Crippen molar-refractivity contribution in [1.82, 2.24) is 10.3 Å². The van der Waals surface area contributed by atoms with Gasteiger partial charge in [-0.05, 0) is 12.1 Å². The van der Waals surface area contributed by atoms with Crippen molar-refractivity contribution in [1.29, 1.82) is 0 Å². The van der Waals surface area contributed by atoms with Crippen LogP contribution >= 0.6 is 0 Å². The van der Waals surface area contributed by atoms with Crippen LogP contribution in [0.3, 0.4) is 0 Å². The number of anilines is 1. The Morgan fingerprint density at radius 2 is 2.31 bits per heavy atom. The summed E-state index contributed by atoms with van der Waals surface area (Å²) in [6, 6.07) is 7.58. The molecule has 0 atom stereocenters. The highest BCUT2D eigenvalue weighted by atomic mass is 16.2. The third-order valence-electron chi connectivity index (χ3n) is 2.22. The molecule has 1 aliphatic rings. The van der Waals surface area contributed by atoms with Crippen LogP contribution in [0, 0.1) is 0 Å². The first-order valence-electron chi connectivity index (χ1n) is 5.03. The summed E-state index contributed by atoms with van der Waals surface area (Å²) in [5.41, 5.74) is 4.99. The molecule has 0 bridgehead atoms. The van der Waals surface area contributed by atoms with E-state index < -0.39 is 0 Å². The van der Waals surface area contributed by atoms with Crippen molar-refractivity contribution in [3.8, 4) is 0 Å². The van der Waals surface area contributed by atoms with E-state index in [1.165, 1.54) is 5.01 Å². The first-order valence-corrected chi connectivity index (χ1v) is 5.03. The molecular weight excluding hydrogens is 202 g/mol. The molecule has 2 N–H and O–H groups in total. The fraction of sp³-hybridized carbons (Fsp3) is 0.0833. The van der Waals surface area contributed by atoms with Gasteiger partial charge in [-0.1, -0.05) is 24.3 Å². The third-order valence-corrected chi connectivity index (χ3v) is 2.22. The van der Waals surface area contributed by atoms with E-state index in [0.717, 1.165) is 11.3 Å². The van der Waals surface area contributed by atoms with Crippen LogP contribution in [0.5, 0.6) is 0 Å². The topological polar surface area (TPSA) is 44.4 Å². The maximum Gasteiger partial charge on any atom is 0.340 e. The van der Waals surface area contributed by atoms with E-state index in [2.05, 4.69) is 17.3 Å². The summed E-state index contributed by atoms with van der Waals surface area (Å²) in [7, 11) is 0. The third kappa shape index (κ3) is 2.06. The summed E-state index contributed by atoms with van der Waals surface area (Å²) in [5.74, 6) is 0. The van der Waals surface area contributed by atoms with Crippen LogP contribution in [0.4, 0.5) is 10.5 Å². The van der Waals surface area contributed by atoms with Crippen LogP contribution < -0.4 is 10.7 Å². The molecule has 4 nitrogen and oxygen atoms in total. The van der Waals surface area contributed by atoms with Crippen LogP contribution in [-0.4, -0.2) is 17.6 Å². The number of carbonyl (C=O) groups excluding carboxylic acids is 1. The molecule has 0 unspecified atom stereocenters. The molecule has 0 saturated carbocycles. The zero-order valence-electron chi connectivity index (χ0n) is 8.81. The average Bonchev–Trinajstić information content (AvgIpc) is 2.35. The number of urea groups is 1. The molecule has 0 saturated heterocycles. The number of hydrogen-bond acceptors (Lipinski definition) is 2.